The van der Waals surface area contributed by atoms with Crippen molar-refractivity contribution in [3.63, 3.8) is 0 Å². The zero-order valence-corrected chi connectivity index (χ0v) is 13.2. The molecular weight excluding hydrogens is 282 g/mol. The van der Waals surface area contributed by atoms with Gasteiger partial charge >= 0.3 is 0 Å². The van der Waals surface area contributed by atoms with Crippen molar-refractivity contribution in [1.29, 1.82) is 0 Å². The molecule has 0 spiro atoms. The zero-order chi connectivity index (χ0) is 15.1. The Morgan fingerprint density at radius 1 is 1.05 bits per heavy atom. The molecule has 0 saturated heterocycles. The molecule has 21 heavy (non-hydrogen) atoms. The summed E-state index contributed by atoms with van der Waals surface area (Å²) in [5.41, 5.74) is 8.60. The molecule has 2 aromatic carbocycles. The minimum atomic E-state index is -0.0798. The molecule has 2 N–H and O–H groups in total. The van der Waals surface area contributed by atoms with Crippen molar-refractivity contribution in [1.82, 2.24) is 0 Å². The normalized spacial score (nSPS) is 12.0. The van der Waals surface area contributed by atoms with E-state index in [0.717, 1.165) is 28.6 Å². The Balaban J connectivity index is 1.97. The van der Waals surface area contributed by atoms with E-state index in [2.05, 4.69) is 24.3 Å². The molecule has 2 aromatic rings. The second-order valence-electron chi connectivity index (χ2n) is 4.72. The largest absolute Gasteiger partial charge is 0.497 e. The molecule has 1 atom stereocenters. The van der Waals surface area contributed by atoms with Crippen LogP contribution >= 0.6 is 11.8 Å². The molecule has 0 aliphatic carbocycles. The smallest absolute Gasteiger partial charge is 0.123 e. The average Bonchev–Trinajstić information content (AvgIpc) is 2.55. The standard InChI is InChI=1S/C17H21NO2S/c1-19-14-8-9-17(20-2)15(10-14)16(18)12-21-11-13-6-4-3-5-7-13/h3-10,16H,11-12,18H2,1-2H3. The first-order valence-corrected chi connectivity index (χ1v) is 7.99. The lowest BCUT2D eigenvalue weighted by Crippen LogP contribution is -2.14. The van der Waals surface area contributed by atoms with Gasteiger partial charge in [0.1, 0.15) is 11.5 Å². The summed E-state index contributed by atoms with van der Waals surface area (Å²) in [6.45, 7) is 0. The topological polar surface area (TPSA) is 44.5 Å². The van der Waals surface area contributed by atoms with Gasteiger partial charge in [0, 0.05) is 23.1 Å². The van der Waals surface area contributed by atoms with Gasteiger partial charge in [0.2, 0.25) is 0 Å². The van der Waals surface area contributed by atoms with Crippen molar-refractivity contribution in [3.05, 3.63) is 59.7 Å². The Hall–Kier alpha value is -1.65. The highest BCUT2D eigenvalue weighted by molar-refractivity contribution is 7.98. The molecule has 112 valence electrons. The van der Waals surface area contributed by atoms with Crippen LogP contribution in [0.15, 0.2) is 48.5 Å². The predicted octanol–water partition coefficient (Wildman–Crippen LogP) is 3.64. The summed E-state index contributed by atoms with van der Waals surface area (Å²) in [5, 5.41) is 0. The van der Waals surface area contributed by atoms with Gasteiger partial charge in [0.15, 0.2) is 0 Å². The summed E-state index contributed by atoms with van der Waals surface area (Å²) < 4.78 is 10.6. The number of methoxy groups -OCH3 is 2. The number of hydrogen-bond donors (Lipinski definition) is 1. The van der Waals surface area contributed by atoms with Gasteiger partial charge < -0.3 is 15.2 Å². The van der Waals surface area contributed by atoms with E-state index in [0.29, 0.717) is 0 Å². The summed E-state index contributed by atoms with van der Waals surface area (Å²) in [6, 6.07) is 16.1. The fraction of sp³-hybridized carbons (Fsp3) is 0.294. The van der Waals surface area contributed by atoms with Crippen LogP contribution in [0.5, 0.6) is 11.5 Å². The molecule has 2 rings (SSSR count). The number of thioether (sulfide) groups is 1. The van der Waals surface area contributed by atoms with Crippen molar-refractivity contribution in [2.24, 2.45) is 5.73 Å². The first-order chi connectivity index (χ1) is 10.2. The third-order valence-electron chi connectivity index (χ3n) is 3.25. The number of benzene rings is 2. The molecule has 0 aromatic heterocycles. The van der Waals surface area contributed by atoms with E-state index in [4.69, 9.17) is 15.2 Å². The van der Waals surface area contributed by atoms with E-state index in [1.165, 1.54) is 5.56 Å². The lowest BCUT2D eigenvalue weighted by molar-refractivity contribution is 0.396. The van der Waals surface area contributed by atoms with Crippen LogP contribution in [-0.2, 0) is 5.75 Å². The van der Waals surface area contributed by atoms with Crippen LogP contribution < -0.4 is 15.2 Å². The molecule has 0 aliphatic rings. The minimum Gasteiger partial charge on any atom is -0.497 e. The predicted molar refractivity (Wildman–Crippen MR) is 89.1 cm³/mol. The molecule has 0 radical (unpaired) electrons. The second-order valence-corrected chi connectivity index (χ2v) is 5.75. The van der Waals surface area contributed by atoms with Crippen LogP contribution in [-0.4, -0.2) is 20.0 Å². The van der Waals surface area contributed by atoms with Crippen molar-refractivity contribution in [2.45, 2.75) is 11.8 Å². The molecule has 0 fully saturated rings. The summed E-state index contributed by atoms with van der Waals surface area (Å²) in [5.74, 6) is 3.40. The maximum Gasteiger partial charge on any atom is 0.123 e. The van der Waals surface area contributed by atoms with Crippen LogP contribution in [0.4, 0.5) is 0 Å². The molecule has 4 heteroatoms. The molecule has 0 amide bonds. The summed E-state index contributed by atoms with van der Waals surface area (Å²) in [6.07, 6.45) is 0. The number of ether oxygens (including phenoxy) is 2. The molecule has 0 bridgehead atoms. The third-order valence-corrected chi connectivity index (χ3v) is 4.38. The molecule has 3 nitrogen and oxygen atoms in total. The maximum absolute atomic E-state index is 6.30. The Labute approximate surface area is 130 Å². The van der Waals surface area contributed by atoms with Gasteiger partial charge in [-0.2, -0.15) is 11.8 Å². The van der Waals surface area contributed by atoms with Crippen molar-refractivity contribution < 1.29 is 9.47 Å². The third kappa shape index (κ3) is 4.41. The Morgan fingerprint density at radius 3 is 2.48 bits per heavy atom. The van der Waals surface area contributed by atoms with Gasteiger partial charge in [0.25, 0.3) is 0 Å². The van der Waals surface area contributed by atoms with Crippen LogP contribution in [0.2, 0.25) is 0 Å². The lowest BCUT2D eigenvalue weighted by Gasteiger charge is -2.16. The van der Waals surface area contributed by atoms with E-state index >= 15 is 0 Å². The zero-order valence-electron chi connectivity index (χ0n) is 12.4. The summed E-state index contributed by atoms with van der Waals surface area (Å²) in [7, 11) is 3.32. The Morgan fingerprint density at radius 2 is 1.81 bits per heavy atom. The van der Waals surface area contributed by atoms with Gasteiger partial charge in [-0.25, -0.2) is 0 Å². The van der Waals surface area contributed by atoms with E-state index in [9.17, 15) is 0 Å². The molecule has 0 heterocycles. The number of rotatable bonds is 7. The van der Waals surface area contributed by atoms with Crippen LogP contribution in [0, 0.1) is 0 Å². The quantitative estimate of drug-likeness (QED) is 0.848. The van der Waals surface area contributed by atoms with Crippen molar-refractivity contribution in [3.8, 4) is 11.5 Å². The average molecular weight is 303 g/mol. The van der Waals surface area contributed by atoms with Crippen LogP contribution in [0.1, 0.15) is 17.2 Å². The first kappa shape index (κ1) is 15.7. The highest BCUT2D eigenvalue weighted by Crippen LogP contribution is 2.30. The molecule has 0 aliphatic heterocycles. The lowest BCUT2D eigenvalue weighted by atomic mass is 10.1. The highest BCUT2D eigenvalue weighted by Gasteiger charge is 2.13. The monoisotopic (exact) mass is 303 g/mol. The Kier molecular flexibility index (Phi) is 5.96. The fourth-order valence-corrected chi connectivity index (χ4v) is 3.08. The van der Waals surface area contributed by atoms with E-state index in [1.807, 2.05) is 36.0 Å². The van der Waals surface area contributed by atoms with Crippen molar-refractivity contribution in [2.75, 3.05) is 20.0 Å². The van der Waals surface area contributed by atoms with Gasteiger partial charge in [-0.3, -0.25) is 0 Å². The minimum absolute atomic E-state index is 0.0798. The van der Waals surface area contributed by atoms with Crippen molar-refractivity contribution >= 4 is 11.8 Å². The molecule has 0 saturated carbocycles. The highest BCUT2D eigenvalue weighted by atomic mass is 32.2. The van der Waals surface area contributed by atoms with Gasteiger partial charge in [-0.05, 0) is 23.8 Å². The molecular formula is C17H21NO2S. The van der Waals surface area contributed by atoms with E-state index in [-0.39, 0.29) is 6.04 Å². The Bertz CT molecular complexity index is 560. The summed E-state index contributed by atoms with van der Waals surface area (Å²) >= 11 is 1.82. The second kappa shape index (κ2) is 7.96. The van der Waals surface area contributed by atoms with Gasteiger partial charge in [-0.15, -0.1) is 0 Å². The van der Waals surface area contributed by atoms with E-state index < -0.39 is 0 Å². The molecule has 1 unspecified atom stereocenters. The van der Waals surface area contributed by atoms with Crippen LogP contribution in [0.25, 0.3) is 0 Å². The first-order valence-electron chi connectivity index (χ1n) is 6.83. The van der Waals surface area contributed by atoms with E-state index in [1.54, 1.807) is 14.2 Å². The number of hydrogen-bond acceptors (Lipinski definition) is 4. The summed E-state index contributed by atoms with van der Waals surface area (Å²) in [4.78, 5) is 0. The fourth-order valence-electron chi connectivity index (χ4n) is 2.10. The number of nitrogens with two attached hydrogens (primary N) is 1. The SMILES string of the molecule is COc1ccc(OC)c(C(N)CSCc2ccccc2)c1. The van der Waals surface area contributed by atoms with Gasteiger partial charge in [-0.1, -0.05) is 30.3 Å². The van der Waals surface area contributed by atoms with Gasteiger partial charge in [0.05, 0.1) is 14.2 Å². The maximum atomic E-state index is 6.30. The van der Waals surface area contributed by atoms with Crippen LogP contribution in [0.3, 0.4) is 0 Å².